The third-order valence-electron chi connectivity index (χ3n) is 1.45. The van der Waals surface area contributed by atoms with E-state index in [1.807, 2.05) is 0 Å². The van der Waals surface area contributed by atoms with Crippen LogP contribution >= 0.6 is 35.8 Å². The van der Waals surface area contributed by atoms with Crippen LogP contribution < -0.4 is 0 Å². The Kier molecular flexibility index (Phi) is 8.47. The van der Waals surface area contributed by atoms with E-state index in [1.54, 1.807) is 18.2 Å². The van der Waals surface area contributed by atoms with Gasteiger partial charge in [-0.15, -0.1) is 0 Å². The molecule has 0 fully saturated rings. The summed E-state index contributed by atoms with van der Waals surface area (Å²) in [6.07, 6.45) is 0. The molecule has 1 N–H and O–H groups in total. The van der Waals surface area contributed by atoms with E-state index in [9.17, 15) is 4.79 Å². The van der Waals surface area contributed by atoms with Crippen molar-refractivity contribution < 1.29 is 14.6 Å². The smallest absolute Gasteiger partial charge is 0.340 e. The quantitative estimate of drug-likeness (QED) is 0.648. The second-order valence-corrected chi connectivity index (χ2v) is 3.80. The Morgan fingerprint density at radius 3 is 2.19 bits per heavy atom. The summed E-state index contributed by atoms with van der Waals surface area (Å²) in [4.78, 5) is 11.1. The molecule has 0 amide bonds. The van der Waals surface area contributed by atoms with Crippen LogP contribution in [0.2, 0.25) is 10.0 Å². The van der Waals surface area contributed by atoms with E-state index in [2.05, 4.69) is 17.4 Å². The second kappa shape index (κ2) is 8.70. The summed E-state index contributed by atoms with van der Waals surface area (Å²) in [5.74, 6) is 0.0469. The molecule has 0 atom stereocenters. The van der Waals surface area contributed by atoms with Crippen molar-refractivity contribution in [2.45, 2.75) is 0 Å². The van der Waals surface area contributed by atoms with E-state index < -0.39 is 5.97 Å². The number of methoxy groups -OCH3 is 1. The molecule has 0 bridgehead atoms. The minimum absolute atomic E-state index is 0.184. The number of hydrogen-bond donors (Lipinski definition) is 2. The number of halogens is 2. The Morgan fingerprint density at radius 2 is 1.88 bits per heavy atom. The van der Waals surface area contributed by atoms with Gasteiger partial charge >= 0.3 is 5.97 Å². The predicted octanol–water partition coefficient (Wildman–Crippen LogP) is 2.69. The zero-order chi connectivity index (χ0) is 12.6. The molecule has 1 aromatic carbocycles. The van der Waals surface area contributed by atoms with Gasteiger partial charge in [0.1, 0.15) is 0 Å². The topological polar surface area (TPSA) is 46.5 Å². The van der Waals surface area contributed by atoms with Crippen LogP contribution in [0, 0.1) is 0 Å². The minimum atomic E-state index is -0.523. The first-order valence-corrected chi connectivity index (χ1v) is 5.71. The normalized spacial score (nSPS) is 9.06. The highest BCUT2D eigenvalue weighted by Crippen LogP contribution is 2.24. The summed E-state index contributed by atoms with van der Waals surface area (Å²) in [7, 11) is 1.28. The minimum Gasteiger partial charge on any atom is -0.465 e. The molecule has 1 aromatic rings. The molecular formula is C10H12Cl2O3S. The highest BCUT2D eigenvalue weighted by molar-refractivity contribution is 7.80. The second-order valence-electron chi connectivity index (χ2n) is 2.54. The van der Waals surface area contributed by atoms with Gasteiger partial charge in [-0.05, 0) is 12.1 Å². The third kappa shape index (κ3) is 5.07. The van der Waals surface area contributed by atoms with Gasteiger partial charge in [0.05, 0.1) is 29.3 Å². The lowest BCUT2D eigenvalue weighted by Crippen LogP contribution is -2.02. The zero-order valence-corrected chi connectivity index (χ0v) is 11.0. The third-order valence-corrected chi connectivity index (χ3v) is 2.28. The van der Waals surface area contributed by atoms with Crippen molar-refractivity contribution in [3.05, 3.63) is 33.8 Å². The van der Waals surface area contributed by atoms with Crippen molar-refractivity contribution in [2.75, 3.05) is 19.5 Å². The first kappa shape index (κ1) is 15.6. The van der Waals surface area contributed by atoms with Gasteiger partial charge in [0.2, 0.25) is 0 Å². The van der Waals surface area contributed by atoms with Crippen molar-refractivity contribution in [1.82, 2.24) is 0 Å². The maximum absolute atomic E-state index is 11.1. The summed E-state index contributed by atoms with van der Waals surface area (Å²) in [5, 5.41) is 8.40. The Bertz CT molecular complexity index is 323. The van der Waals surface area contributed by atoms with Crippen LogP contribution in [0.4, 0.5) is 0 Å². The molecule has 0 heterocycles. The molecule has 0 aliphatic rings. The van der Waals surface area contributed by atoms with Crippen LogP contribution in [0.5, 0.6) is 0 Å². The number of esters is 1. The molecule has 3 nitrogen and oxygen atoms in total. The van der Waals surface area contributed by atoms with Crippen molar-refractivity contribution in [1.29, 1.82) is 0 Å². The number of aliphatic hydroxyl groups excluding tert-OH is 1. The molecule has 0 saturated carbocycles. The Hall–Kier alpha value is -0.420. The molecule has 0 aliphatic carbocycles. The number of aliphatic hydroxyl groups is 1. The summed E-state index contributed by atoms with van der Waals surface area (Å²) < 4.78 is 4.49. The predicted molar refractivity (Wildman–Crippen MR) is 68.7 cm³/mol. The number of ether oxygens (including phenoxy) is 1. The molecule has 0 spiro atoms. The lowest BCUT2D eigenvalue weighted by atomic mass is 10.2. The average Bonchev–Trinajstić information content (AvgIpc) is 2.29. The molecule has 0 radical (unpaired) electrons. The fourth-order valence-electron chi connectivity index (χ4n) is 0.795. The van der Waals surface area contributed by atoms with Crippen LogP contribution in [0.1, 0.15) is 10.4 Å². The van der Waals surface area contributed by atoms with Gasteiger partial charge < -0.3 is 9.84 Å². The lowest BCUT2D eigenvalue weighted by molar-refractivity contribution is 0.0601. The maximum Gasteiger partial charge on any atom is 0.340 e. The maximum atomic E-state index is 11.1. The van der Waals surface area contributed by atoms with E-state index >= 15 is 0 Å². The number of carbonyl (C=O) groups excluding carboxylic acids is 1. The van der Waals surface area contributed by atoms with Crippen molar-refractivity contribution >= 4 is 41.8 Å². The summed E-state index contributed by atoms with van der Waals surface area (Å²) in [6, 6.07) is 4.83. The first-order valence-electron chi connectivity index (χ1n) is 4.32. The van der Waals surface area contributed by atoms with Gasteiger partial charge in [0.25, 0.3) is 0 Å². The van der Waals surface area contributed by atoms with Crippen LogP contribution in [0.15, 0.2) is 18.2 Å². The monoisotopic (exact) mass is 282 g/mol. The Labute approximate surface area is 110 Å². The van der Waals surface area contributed by atoms with Crippen LogP contribution in [0.25, 0.3) is 0 Å². The molecule has 0 aromatic heterocycles. The number of thiol groups is 1. The molecule has 0 aliphatic heterocycles. The average molecular weight is 283 g/mol. The molecular weight excluding hydrogens is 271 g/mol. The molecule has 1 rings (SSSR count). The number of carbonyl (C=O) groups is 1. The van der Waals surface area contributed by atoms with Crippen LogP contribution in [-0.2, 0) is 4.74 Å². The molecule has 6 heteroatoms. The van der Waals surface area contributed by atoms with E-state index in [0.717, 1.165) is 0 Å². The molecule has 0 unspecified atom stereocenters. The van der Waals surface area contributed by atoms with Gasteiger partial charge in [-0.2, -0.15) is 12.6 Å². The van der Waals surface area contributed by atoms with E-state index in [0.29, 0.717) is 15.8 Å². The zero-order valence-electron chi connectivity index (χ0n) is 8.61. The molecule has 16 heavy (non-hydrogen) atoms. The standard InChI is InChI=1S/C8H6Cl2O2.C2H6OS/c1-12-8(11)7-5(9)3-2-4-6(7)10;3-1-2-4/h2-4H,1H3;3-4H,1-2H2. The fourth-order valence-corrected chi connectivity index (χ4v) is 1.35. The number of hydrogen-bond acceptors (Lipinski definition) is 4. The van der Waals surface area contributed by atoms with Gasteiger partial charge in [-0.25, -0.2) is 4.79 Å². The lowest BCUT2D eigenvalue weighted by Gasteiger charge is -2.02. The number of benzene rings is 1. The summed E-state index contributed by atoms with van der Waals surface area (Å²) in [6.45, 7) is 0.184. The fraction of sp³-hybridized carbons (Fsp3) is 0.300. The van der Waals surface area contributed by atoms with Crippen molar-refractivity contribution in [3.8, 4) is 0 Å². The van der Waals surface area contributed by atoms with Crippen LogP contribution in [0.3, 0.4) is 0 Å². The van der Waals surface area contributed by atoms with Crippen molar-refractivity contribution in [2.24, 2.45) is 0 Å². The van der Waals surface area contributed by atoms with Crippen molar-refractivity contribution in [3.63, 3.8) is 0 Å². The van der Waals surface area contributed by atoms with Gasteiger partial charge in [-0.1, -0.05) is 29.3 Å². The van der Waals surface area contributed by atoms with Gasteiger partial charge in [0.15, 0.2) is 0 Å². The Morgan fingerprint density at radius 1 is 1.44 bits per heavy atom. The molecule has 90 valence electrons. The Balaban J connectivity index is 0.000000487. The highest BCUT2D eigenvalue weighted by Gasteiger charge is 2.13. The summed E-state index contributed by atoms with van der Waals surface area (Å²) in [5.41, 5.74) is 0.211. The van der Waals surface area contributed by atoms with E-state index in [4.69, 9.17) is 28.3 Å². The van der Waals surface area contributed by atoms with Gasteiger partial charge in [0, 0.05) is 5.75 Å². The molecule has 0 saturated heterocycles. The SMILES string of the molecule is COC(=O)c1c(Cl)cccc1Cl.OCCS. The summed E-state index contributed by atoms with van der Waals surface area (Å²) >= 11 is 15.1. The van der Waals surface area contributed by atoms with Crippen LogP contribution in [-0.4, -0.2) is 30.5 Å². The largest absolute Gasteiger partial charge is 0.465 e. The highest BCUT2D eigenvalue weighted by atomic mass is 35.5. The number of rotatable bonds is 2. The van der Waals surface area contributed by atoms with E-state index in [-0.39, 0.29) is 12.2 Å². The van der Waals surface area contributed by atoms with Gasteiger partial charge in [-0.3, -0.25) is 0 Å². The first-order chi connectivity index (χ1) is 7.58. The van der Waals surface area contributed by atoms with E-state index in [1.165, 1.54) is 7.11 Å².